The predicted octanol–water partition coefficient (Wildman–Crippen LogP) is -1.72. The molecule has 48 heavy (non-hydrogen) atoms. The first-order valence-corrected chi connectivity index (χ1v) is 16.4. The Morgan fingerprint density at radius 2 is 1.98 bits per heavy atom. The van der Waals surface area contributed by atoms with Crippen LogP contribution < -0.4 is 44.4 Å². The van der Waals surface area contributed by atoms with Gasteiger partial charge in [-0.3, -0.25) is 14.6 Å². The number of Topliss-reactive ketones (excluding diaryl/α,β-unsaturated/α-hetero) is 1. The third kappa shape index (κ3) is 6.38. The van der Waals surface area contributed by atoms with Gasteiger partial charge in [0.2, 0.25) is 5.91 Å². The fourth-order valence-electron chi connectivity index (χ4n) is 8.47. The molecule has 6 rings (SSSR count). The summed E-state index contributed by atoms with van der Waals surface area (Å²) >= 11 is 0. The Labute approximate surface area is 286 Å². The lowest BCUT2D eigenvalue weighted by molar-refractivity contribution is -0.957. The van der Waals surface area contributed by atoms with E-state index in [9.17, 15) is 19.5 Å². The lowest BCUT2D eigenvalue weighted by atomic mass is 9.51. The Bertz CT molecular complexity index is 1580. The highest BCUT2D eigenvalue weighted by molar-refractivity contribution is 5.89. The number of guanidine groups is 1. The molecule has 2 aromatic carbocycles. The van der Waals surface area contributed by atoms with Crippen molar-refractivity contribution in [2.24, 2.45) is 28.1 Å². The average Bonchev–Trinajstić information content (AvgIpc) is 3.40. The second kappa shape index (κ2) is 13.8. The standard InChI is InChI=1S/C34H45N7O6.ClH/c1-40(16-15-38-31(44)24(35)4-3-14-39-32(36)37)33(45)46-22-8-5-20(6-9-22)19-41(2)17-13-34-23-10-12-27(43)30(34)47-29-26(42)11-7-21(28(29)34)18-25(23)41;/h5-9,11,23-25,30H,3-4,10,12-19,35H2,1-2H3,(H5-,36,37,38,39,42,44);1H/t23-,24-,25+,30-,34-,41+;/m0./s1. The minimum absolute atomic E-state index is 0. The molecule has 14 heteroatoms. The molecule has 6 atom stereocenters. The molecule has 1 spiro atoms. The summed E-state index contributed by atoms with van der Waals surface area (Å²) in [5.41, 5.74) is 19.6. The van der Waals surface area contributed by atoms with Gasteiger partial charge in [-0.25, -0.2) is 4.79 Å². The second-order valence-corrected chi connectivity index (χ2v) is 13.8. The number of nitrogens with zero attached hydrogens (tertiary/aromatic N) is 3. The van der Waals surface area contributed by atoms with Crippen molar-refractivity contribution in [3.63, 3.8) is 0 Å². The van der Waals surface area contributed by atoms with E-state index in [-0.39, 0.29) is 54.3 Å². The van der Waals surface area contributed by atoms with Crippen LogP contribution in [0.1, 0.15) is 48.8 Å². The third-order valence-electron chi connectivity index (χ3n) is 10.8. The molecular formula is C34H46ClN7O6. The summed E-state index contributed by atoms with van der Waals surface area (Å²) in [5, 5.41) is 13.4. The lowest BCUT2D eigenvalue weighted by Gasteiger charge is -2.60. The lowest BCUT2D eigenvalue weighted by Crippen LogP contribution is -3.00. The summed E-state index contributed by atoms with van der Waals surface area (Å²) in [6, 6.07) is 11.0. The summed E-state index contributed by atoms with van der Waals surface area (Å²) in [6.45, 7) is 2.59. The Hall–Kier alpha value is -4.07. The van der Waals surface area contributed by atoms with Crippen LogP contribution >= 0.6 is 0 Å². The van der Waals surface area contributed by atoms with Crippen LogP contribution in [0.4, 0.5) is 4.79 Å². The van der Waals surface area contributed by atoms with Crippen LogP contribution in [0.2, 0.25) is 0 Å². The van der Waals surface area contributed by atoms with Crippen LogP contribution in [0.15, 0.2) is 41.4 Å². The maximum atomic E-state index is 13.1. The number of hydrogen-bond acceptors (Lipinski definition) is 8. The molecule has 2 aliphatic carbocycles. The number of phenols is 1. The number of nitrogens with one attached hydrogen (secondary N) is 1. The van der Waals surface area contributed by atoms with Gasteiger partial charge in [-0.2, -0.15) is 0 Å². The number of amides is 2. The summed E-state index contributed by atoms with van der Waals surface area (Å²) in [6.07, 6.45) is 3.04. The zero-order valence-corrected chi connectivity index (χ0v) is 28.2. The smallest absolute Gasteiger partial charge is 0.415 e. The molecule has 0 unspecified atom stereocenters. The molecule has 1 saturated carbocycles. The van der Waals surface area contributed by atoms with E-state index in [1.54, 1.807) is 13.1 Å². The molecule has 8 N–H and O–H groups in total. The van der Waals surface area contributed by atoms with Crippen molar-refractivity contribution in [3.05, 3.63) is 53.1 Å². The molecule has 2 bridgehead atoms. The number of nitrogens with two attached hydrogens (primary N) is 3. The third-order valence-corrected chi connectivity index (χ3v) is 10.8. The number of halogens is 1. The van der Waals surface area contributed by atoms with E-state index in [2.05, 4.69) is 17.4 Å². The van der Waals surface area contributed by atoms with Crippen molar-refractivity contribution < 1.29 is 45.9 Å². The minimum atomic E-state index is -0.688. The molecular weight excluding hydrogens is 638 g/mol. The monoisotopic (exact) mass is 683 g/mol. The first-order chi connectivity index (χ1) is 22.4. The van der Waals surface area contributed by atoms with Gasteiger partial charge in [-0.15, -0.1) is 0 Å². The highest BCUT2D eigenvalue weighted by atomic mass is 35.5. The molecule has 2 aromatic rings. The molecule has 0 radical (unpaired) electrons. The predicted molar refractivity (Wildman–Crippen MR) is 175 cm³/mol. The van der Waals surface area contributed by atoms with E-state index in [4.69, 9.17) is 26.7 Å². The van der Waals surface area contributed by atoms with Gasteiger partial charge in [0, 0.05) is 63.0 Å². The molecule has 2 amide bonds. The molecule has 2 heterocycles. The molecule has 260 valence electrons. The number of aromatic hydroxyl groups is 1. The van der Waals surface area contributed by atoms with E-state index in [0.29, 0.717) is 49.3 Å². The Balaban J connectivity index is 0.00000451. The molecule has 13 nitrogen and oxygen atoms in total. The largest absolute Gasteiger partial charge is 1.00 e. The fourth-order valence-corrected chi connectivity index (χ4v) is 8.47. The minimum Gasteiger partial charge on any atom is -1.00 e. The Kier molecular flexibility index (Phi) is 10.1. The van der Waals surface area contributed by atoms with Gasteiger partial charge < -0.3 is 58.9 Å². The van der Waals surface area contributed by atoms with Gasteiger partial charge >= 0.3 is 6.09 Å². The maximum absolute atomic E-state index is 13.1. The van der Waals surface area contributed by atoms with Crippen LogP contribution in [0.3, 0.4) is 0 Å². The number of carbonyl (C=O) groups is 3. The van der Waals surface area contributed by atoms with E-state index in [1.165, 1.54) is 10.5 Å². The van der Waals surface area contributed by atoms with Gasteiger partial charge in [0.25, 0.3) is 0 Å². The van der Waals surface area contributed by atoms with Gasteiger partial charge in [0.15, 0.2) is 29.3 Å². The Morgan fingerprint density at radius 3 is 2.71 bits per heavy atom. The summed E-state index contributed by atoms with van der Waals surface area (Å²) in [5.74, 6) is 1.25. The molecule has 1 saturated heterocycles. The van der Waals surface area contributed by atoms with Gasteiger partial charge in [0.1, 0.15) is 12.3 Å². The Morgan fingerprint density at radius 1 is 1.23 bits per heavy atom. The van der Waals surface area contributed by atoms with Crippen molar-refractivity contribution in [1.82, 2.24) is 10.2 Å². The number of aliphatic imine (C=N–C) groups is 1. The summed E-state index contributed by atoms with van der Waals surface area (Å²) < 4.78 is 12.7. The average molecular weight is 684 g/mol. The number of ether oxygens (including phenoxy) is 2. The van der Waals surface area contributed by atoms with E-state index in [0.717, 1.165) is 48.0 Å². The molecule has 2 aliphatic heterocycles. The zero-order chi connectivity index (χ0) is 33.5. The molecule has 4 aliphatic rings. The number of hydrogen-bond donors (Lipinski definition) is 5. The first-order valence-electron chi connectivity index (χ1n) is 16.4. The van der Waals surface area contributed by atoms with E-state index >= 15 is 0 Å². The van der Waals surface area contributed by atoms with Gasteiger partial charge in [-0.1, -0.05) is 6.07 Å². The maximum Gasteiger partial charge on any atom is 0.415 e. The van der Waals surface area contributed by atoms with Crippen molar-refractivity contribution in [2.75, 3.05) is 40.3 Å². The molecule has 2 fully saturated rings. The van der Waals surface area contributed by atoms with Crippen molar-refractivity contribution in [1.29, 1.82) is 0 Å². The number of quaternary nitrogens is 1. The molecule has 0 aromatic heterocycles. The van der Waals surface area contributed by atoms with Gasteiger partial charge in [0.05, 0.1) is 31.1 Å². The van der Waals surface area contributed by atoms with Crippen molar-refractivity contribution in [3.8, 4) is 17.2 Å². The number of likely N-dealkylation sites (N-methyl/N-ethyl adjacent to an activating group) is 2. The van der Waals surface area contributed by atoms with Crippen LogP contribution in [-0.2, 0) is 28.0 Å². The second-order valence-electron chi connectivity index (χ2n) is 13.8. The number of benzene rings is 2. The number of phenolic OH excluding ortho intramolecular Hbond substituents is 1. The number of carbonyl (C=O) groups excluding carboxylic acids is 3. The van der Waals surface area contributed by atoms with Gasteiger partial charge in [-0.05, 0) is 55.2 Å². The topological polar surface area (TPSA) is 196 Å². The zero-order valence-electron chi connectivity index (χ0n) is 27.5. The first kappa shape index (κ1) is 35.2. The number of rotatable bonds is 11. The van der Waals surface area contributed by atoms with Crippen LogP contribution in [0.5, 0.6) is 17.2 Å². The number of likely N-dealkylation sites (tertiary alicyclic amines) is 1. The van der Waals surface area contributed by atoms with Crippen LogP contribution in [-0.4, -0.2) is 96.7 Å². The number of piperidine rings is 1. The fraction of sp³-hybridized carbons (Fsp3) is 0.529. The highest BCUT2D eigenvalue weighted by Crippen LogP contribution is 2.64. The quantitative estimate of drug-likeness (QED) is 0.0792. The number of ketones is 1. The van der Waals surface area contributed by atoms with Crippen molar-refractivity contribution in [2.45, 2.75) is 68.7 Å². The SMILES string of the molecule is CN(CCNC(=O)[C@@H](N)CCCN=C(N)N)C(=O)Oc1ccc(C[N@@+]2(C)CC[C@]34c5c6ccc(O)c5O[C@H]3C(=O)CC[C@H]4[C@H]2C6)cc1.[Cl-]. The van der Waals surface area contributed by atoms with Crippen molar-refractivity contribution >= 4 is 23.7 Å². The highest BCUT2D eigenvalue weighted by Gasteiger charge is 2.69. The van der Waals surface area contributed by atoms with Crippen LogP contribution in [0, 0.1) is 5.92 Å². The normalized spacial score (nSPS) is 26.6. The van der Waals surface area contributed by atoms with Crippen LogP contribution in [0.25, 0.3) is 0 Å². The van der Waals surface area contributed by atoms with E-state index in [1.807, 2.05) is 30.3 Å². The summed E-state index contributed by atoms with van der Waals surface area (Å²) in [4.78, 5) is 43.3. The summed E-state index contributed by atoms with van der Waals surface area (Å²) in [7, 11) is 3.92. The van der Waals surface area contributed by atoms with E-state index < -0.39 is 18.2 Å².